The van der Waals surface area contributed by atoms with E-state index in [9.17, 15) is 9.59 Å². The minimum Gasteiger partial charge on any atom is -0.497 e. The van der Waals surface area contributed by atoms with E-state index in [4.69, 9.17) is 4.74 Å². The van der Waals surface area contributed by atoms with Gasteiger partial charge in [0.05, 0.1) is 25.0 Å². The smallest absolute Gasteiger partial charge is 0.300 e. The second-order valence-electron chi connectivity index (χ2n) is 7.00. The minimum atomic E-state index is -0.456. The highest BCUT2D eigenvalue weighted by Gasteiger charge is 2.36. The van der Waals surface area contributed by atoms with Gasteiger partial charge in [0.25, 0.3) is 5.78 Å². The van der Waals surface area contributed by atoms with Crippen molar-refractivity contribution in [2.45, 2.75) is 26.3 Å². The van der Waals surface area contributed by atoms with Gasteiger partial charge in [-0.2, -0.15) is 0 Å². The van der Waals surface area contributed by atoms with Crippen LogP contribution in [-0.4, -0.2) is 37.4 Å². The largest absolute Gasteiger partial charge is 0.497 e. The van der Waals surface area contributed by atoms with Crippen LogP contribution in [0.2, 0.25) is 0 Å². The number of hydrogen-bond acceptors (Lipinski definition) is 4. The molecule has 0 N–H and O–H groups in total. The third-order valence-electron chi connectivity index (χ3n) is 4.66. The lowest BCUT2D eigenvalue weighted by Crippen LogP contribution is -2.38. The zero-order valence-corrected chi connectivity index (χ0v) is 15.7. The van der Waals surface area contributed by atoms with Gasteiger partial charge in [-0.15, -0.1) is 0 Å². The summed E-state index contributed by atoms with van der Waals surface area (Å²) in [6, 6.07) is 13.5. The van der Waals surface area contributed by atoms with Crippen LogP contribution in [0.1, 0.15) is 41.3 Å². The fraction of sp³-hybridized carbons (Fsp3) is 0.333. The molecule has 0 fully saturated rings. The van der Waals surface area contributed by atoms with Crippen molar-refractivity contribution in [2.24, 2.45) is 0 Å². The highest BCUT2D eigenvalue weighted by Crippen LogP contribution is 2.31. The molecule has 1 aliphatic heterocycles. The van der Waals surface area contributed by atoms with Crippen LogP contribution in [-0.2, 0) is 11.3 Å². The number of benzene rings is 2. The first-order chi connectivity index (χ1) is 12.4. The predicted molar refractivity (Wildman–Crippen MR) is 102 cm³/mol. The molecule has 2 aromatic carbocycles. The minimum absolute atomic E-state index is 0.315. The lowest BCUT2D eigenvalue weighted by molar-refractivity contribution is -0.114. The Morgan fingerprint density at radius 2 is 1.77 bits per heavy atom. The van der Waals surface area contributed by atoms with Gasteiger partial charge >= 0.3 is 5.91 Å². The number of methoxy groups -OCH3 is 1. The number of ether oxygens (including phenoxy) is 1. The van der Waals surface area contributed by atoms with E-state index in [1.54, 1.807) is 12.0 Å². The van der Waals surface area contributed by atoms with Crippen LogP contribution in [0.4, 0.5) is 5.69 Å². The van der Waals surface area contributed by atoms with E-state index < -0.39 is 11.7 Å². The molecule has 0 bridgehead atoms. The summed E-state index contributed by atoms with van der Waals surface area (Å²) in [5, 5.41) is 0. The van der Waals surface area contributed by atoms with Crippen molar-refractivity contribution in [1.29, 1.82) is 0 Å². The van der Waals surface area contributed by atoms with Crippen molar-refractivity contribution < 1.29 is 14.3 Å². The second-order valence-corrected chi connectivity index (χ2v) is 7.00. The van der Waals surface area contributed by atoms with Crippen molar-refractivity contribution in [1.82, 2.24) is 4.90 Å². The van der Waals surface area contributed by atoms with Gasteiger partial charge in [0.15, 0.2) is 0 Å². The molecule has 2 aromatic rings. The number of Topliss-reactive ketones (excluding diaryl/α,β-unsaturated/α-hetero) is 1. The summed E-state index contributed by atoms with van der Waals surface area (Å²) in [6.07, 6.45) is 0. The Kier molecular flexibility index (Phi) is 5.09. The van der Waals surface area contributed by atoms with Gasteiger partial charge in [-0.3, -0.25) is 19.4 Å². The molecule has 5 nitrogen and oxygen atoms in total. The van der Waals surface area contributed by atoms with Gasteiger partial charge in [0, 0.05) is 6.54 Å². The van der Waals surface area contributed by atoms with Gasteiger partial charge in [0.2, 0.25) is 0 Å². The van der Waals surface area contributed by atoms with Crippen LogP contribution in [0, 0.1) is 0 Å². The maximum atomic E-state index is 12.4. The van der Waals surface area contributed by atoms with Crippen LogP contribution in [0.25, 0.3) is 0 Å². The summed E-state index contributed by atoms with van der Waals surface area (Å²) in [5.41, 5.74) is 3.39. The molecule has 0 aliphatic carbocycles. The number of hydrogen-bond donors (Lipinski definition) is 0. The first-order valence-corrected chi connectivity index (χ1v) is 8.72. The molecule has 0 atom stereocenters. The SMILES string of the molecule is COc1ccc(CN(C)CN2C(=O)C(=O)c3cc(C(C)C)ccc32)cc1. The van der Waals surface area contributed by atoms with E-state index in [1.807, 2.05) is 54.4 Å². The highest BCUT2D eigenvalue weighted by molar-refractivity contribution is 6.52. The first-order valence-electron chi connectivity index (χ1n) is 8.72. The third kappa shape index (κ3) is 3.48. The summed E-state index contributed by atoms with van der Waals surface area (Å²) < 4.78 is 5.17. The Hall–Kier alpha value is -2.66. The number of rotatable bonds is 6. The summed E-state index contributed by atoms with van der Waals surface area (Å²) in [5.74, 6) is 0.254. The van der Waals surface area contributed by atoms with E-state index >= 15 is 0 Å². The number of carbonyl (C=O) groups excluding carboxylic acids is 2. The fourth-order valence-electron chi connectivity index (χ4n) is 3.15. The molecule has 0 saturated carbocycles. The van der Waals surface area contributed by atoms with Crippen molar-refractivity contribution in [2.75, 3.05) is 25.7 Å². The number of fused-ring (bicyclic) bond motifs is 1. The Morgan fingerprint density at radius 1 is 1.08 bits per heavy atom. The Labute approximate surface area is 154 Å². The van der Waals surface area contributed by atoms with E-state index in [0.29, 0.717) is 30.4 Å². The molecule has 0 unspecified atom stereocenters. The summed E-state index contributed by atoms with van der Waals surface area (Å²) >= 11 is 0. The molecule has 0 spiro atoms. The number of amides is 1. The molecule has 26 heavy (non-hydrogen) atoms. The molecular formula is C21H24N2O3. The lowest BCUT2D eigenvalue weighted by atomic mass is 9.99. The quantitative estimate of drug-likeness (QED) is 0.748. The van der Waals surface area contributed by atoms with E-state index in [-0.39, 0.29) is 0 Å². The standard InChI is InChI=1S/C21H24N2O3/c1-14(2)16-7-10-19-18(11-16)20(24)21(25)23(19)13-22(3)12-15-5-8-17(26-4)9-6-15/h5-11,14H,12-13H2,1-4H3. The summed E-state index contributed by atoms with van der Waals surface area (Å²) in [7, 11) is 3.57. The molecule has 1 heterocycles. The van der Waals surface area contributed by atoms with Crippen molar-refractivity contribution in [3.63, 3.8) is 0 Å². The van der Waals surface area contributed by atoms with Gasteiger partial charge in [0.1, 0.15) is 5.75 Å². The van der Waals surface area contributed by atoms with E-state index in [0.717, 1.165) is 16.9 Å². The predicted octanol–water partition coefficient (Wildman–Crippen LogP) is 3.44. The number of ketones is 1. The molecule has 1 aliphatic rings. The van der Waals surface area contributed by atoms with Crippen LogP contribution >= 0.6 is 0 Å². The average Bonchev–Trinajstić information content (AvgIpc) is 2.87. The number of carbonyl (C=O) groups is 2. The summed E-state index contributed by atoms with van der Waals surface area (Å²) in [6.45, 7) is 5.18. The first kappa shape index (κ1) is 18.1. The Morgan fingerprint density at radius 3 is 2.38 bits per heavy atom. The monoisotopic (exact) mass is 352 g/mol. The van der Waals surface area contributed by atoms with Crippen LogP contribution in [0.5, 0.6) is 5.75 Å². The van der Waals surface area contributed by atoms with Crippen LogP contribution in [0.15, 0.2) is 42.5 Å². The van der Waals surface area contributed by atoms with Crippen molar-refractivity contribution >= 4 is 17.4 Å². The topological polar surface area (TPSA) is 49.9 Å². The van der Waals surface area contributed by atoms with Gasteiger partial charge in [-0.05, 0) is 48.4 Å². The highest BCUT2D eigenvalue weighted by atomic mass is 16.5. The molecule has 5 heteroatoms. The Bertz CT molecular complexity index is 828. The lowest BCUT2D eigenvalue weighted by Gasteiger charge is -2.24. The van der Waals surface area contributed by atoms with Gasteiger partial charge in [-0.1, -0.05) is 32.0 Å². The molecule has 1 amide bonds. The molecular weight excluding hydrogens is 328 g/mol. The van der Waals surface area contributed by atoms with Gasteiger partial charge < -0.3 is 4.74 Å². The van der Waals surface area contributed by atoms with E-state index in [1.165, 1.54) is 0 Å². The molecule has 0 aromatic heterocycles. The molecule has 136 valence electrons. The normalized spacial score (nSPS) is 13.7. The summed E-state index contributed by atoms with van der Waals surface area (Å²) in [4.78, 5) is 28.4. The van der Waals surface area contributed by atoms with Crippen LogP contribution in [0.3, 0.4) is 0 Å². The third-order valence-corrected chi connectivity index (χ3v) is 4.66. The molecule has 0 saturated heterocycles. The van der Waals surface area contributed by atoms with Crippen molar-refractivity contribution in [3.8, 4) is 5.75 Å². The maximum Gasteiger partial charge on any atom is 0.300 e. The van der Waals surface area contributed by atoms with E-state index in [2.05, 4.69) is 13.8 Å². The second kappa shape index (κ2) is 7.30. The molecule has 0 radical (unpaired) electrons. The zero-order chi connectivity index (χ0) is 18.8. The van der Waals surface area contributed by atoms with Crippen molar-refractivity contribution in [3.05, 3.63) is 59.2 Å². The fourth-order valence-corrected chi connectivity index (χ4v) is 3.15. The Balaban J connectivity index is 1.75. The number of nitrogens with zero attached hydrogens (tertiary/aromatic N) is 2. The maximum absolute atomic E-state index is 12.4. The van der Waals surface area contributed by atoms with Crippen LogP contribution < -0.4 is 9.64 Å². The van der Waals surface area contributed by atoms with Gasteiger partial charge in [-0.25, -0.2) is 0 Å². The zero-order valence-electron chi connectivity index (χ0n) is 15.7. The molecule has 3 rings (SSSR count). The average molecular weight is 352 g/mol. The number of anilines is 1.